The molecule has 0 radical (unpaired) electrons. The second-order valence-corrected chi connectivity index (χ2v) is 5.17. The molecule has 1 amide bonds. The summed E-state index contributed by atoms with van der Waals surface area (Å²) in [6.45, 7) is 5.62. The van der Waals surface area contributed by atoms with E-state index in [9.17, 15) is 9.59 Å². The summed E-state index contributed by atoms with van der Waals surface area (Å²) in [5, 5.41) is 11.7. The number of hydrogen-bond donors (Lipinski definition) is 2. The molecule has 110 valence electrons. The van der Waals surface area contributed by atoms with Gasteiger partial charge < -0.3 is 15.2 Å². The van der Waals surface area contributed by atoms with Crippen LogP contribution in [-0.2, 0) is 4.79 Å². The van der Waals surface area contributed by atoms with Crippen molar-refractivity contribution in [3.05, 3.63) is 29.3 Å². The molecule has 0 bridgehead atoms. The lowest BCUT2D eigenvalue weighted by molar-refractivity contribution is -0.139. The minimum absolute atomic E-state index is 0.188. The molecule has 0 saturated heterocycles. The van der Waals surface area contributed by atoms with Gasteiger partial charge in [-0.05, 0) is 43.0 Å². The molecule has 0 fully saturated rings. The Morgan fingerprint density at radius 2 is 2.00 bits per heavy atom. The van der Waals surface area contributed by atoms with E-state index in [1.807, 2.05) is 13.8 Å². The smallest absolute Gasteiger partial charge is 0.326 e. The lowest BCUT2D eigenvalue weighted by Crippen LogP contribution is -2.41. The number of carbonyl (C=O) groups is 2. The fraction of sp³-hybridized carbons (Fsp3) is 0.467. The maximum Gasteiger partial charge on any atom is 0.326 e. The number of methoxy groups -OCH3 is 1. The summed E-state index contributed by atoms with van der Waals surface area (Å²) in [4.78, 5) is 23.3. The zero-order chi connectivity index (χ0) is 15.3. The van der Waals surface area contributed by atoms with E-state index in [0.717, 1.165) is 5.56 Å². The number of aliphatic carboxylic acids is 1. The van der Waals surface area contributed by atoms with Crippen molar-refractivity contribution in [3.8, 4) is 5.75 Å². The summed E-state index contributed by atoms with van der Waals surface area (Å²) in [6, 6.07) is 4.19. The fourth-order valence-electron chi connectivity index (χ4n) is 1.95. The van der Waals surface area contributed by atoms with Crippen LogP contribution in [0.15, 0.2) is 18.2 Å². The molecule has 0 unspecified atom stereocenters. The number of rotatable bonds is 6. The average molecular weight is 279 g/mol. The Morgan fingerprint density at radius 3 is 2.45 bits per heavy atom. The van der Waals surface area contributed by atoms with Gasteiger partial charge in [-0.1, -0.05) is 13.8 Å². The second kappa shape index (κ2) is 6.93. The molecule has 5 nitrogen and oxygen atoms in total. The number of carboxylic acid groups (broad SMARTS) is 1. The molecular weight excluding hydrogens is 258 g/mol. The highest BCUT2D eigenvalue weighted by Gasteiger charge is 2.22. The van der Waals surface area contributed by atoms with Crippen molar-refractivity contribution in [2.45, 2.75) is 33.2 Å². The molecule has 1 atom stereocenters. The predicted molar refractivity (Wildman–Crippen MR) is 76.1 cm³/mol. The lowest BCUT2D eigenvalue weighted by Gasteiger charge is -2.17. The van der Waals surface area contributed by atoms with Crippen molar-refractivity contribution < 1.29 is 19.4 Å². The maximum atomic E-state index is 12.1. The third-order valence-corrected chi connectivity index (χ3v) is 2.99. The Bertz CT molecular complexity index is 497. The minimum atomic E-state index is -1.02. The molecular formula is C15H21NO4. The molecule has 1 rings (SSSR count). The van der Waals surface area contributed by atoms with Crippen LogP contribution in [-0.4, -0.2) is 30.1 Å². The van der Waals surface area contributed by atoms with E-state index in [0.29, 0.717) is 17.7 Å². The SMILES string of the molecule is COc1ccc(C(=O)N[C@@H](CC(C)C)C(=O)O)c(C)c1. The third kappa shape index (κ3) is 4.26. The van der Waals surface area contributed by atoms with E-state index in [1.54, 1.807) is 32.2 Å². The van der Waals surface area contributed by atoms with Crippen molar-refractivity contribution >= 4 is 11.9 Å². The van der Waals surface area contributed by atoms with Gasteiger partial charge in [-0.2, -0.15) is 0 Å². The minimum Gasteiger partial charge on any atom is -0.497 e. The normalized spacial score (nSPS) is 12.1. The number of amides is 1. The quantitative estimate of drug-likeness (QED) is 0.837. The number of carbonyl (C=O) groups excluding carboxylic acids is 1. The van der Waals surface area contributed by atoms with Crippen LogP contribution in [0.25, 0.3) is 0 Å². The lowest BCUT2D eigenvalue weighted by atomic mass is 10.0. The number of nitrogens with one attached hydrogen (secondary N) is 1. The Kier molecular flexibility index (Phi) is 5.55. The molecule has 0 aliphatic rings. The van der Waals surface area contributed by atoms with Crippen molar-refractivity contribution in [1.29, 1.82) is 0 Å². The van der Waals surface area contributed by atoms with Gasteiger partial charge in [0.15, 0.2) is 0 Å². The maximum absolute atomic E-state index is 12.1. The number of benzene rings is 1. The summed E-state index contributed by atoms with van der Waals surface area (Å²) < 4.78 is 5.08. The van der Waals surface area contributed by atoms with Crippen molar-refractivity contribution in [2.24, 2.45) is 5.92 Å². The summed E-state index contributed by atoms with van der Waals surface area (Å²) in [5.74, 6) is -0.541. The summed E-state index contributed by atoms with van der Waals surface area (Å²) in [7, 11) is 1.55. The van der Waals surface area contributed by atoms with Crippen LogP contribution in [0.1, 0.15) is 36.2 Å². The second-order valence-electron chi connectivity index (χ2n) is 5.17. The van der Waals surface area contributed by atoms with Gasteiger partial charge in [0.05, 0.1) is 7.11 Å². The van der Waals surface area contributed by atoms with E-state index in [1.165, 1.54) is 0 Å². The fourth-order valence-corrected chi connectivity index (χ4v) is 1.95. The predicted octanol–water partition coefficient (Wildman–Crippen LogP) is 2.23. The summed E-state index contributed by atoms with van der Waals surface area (Å²) >= 11 is 0. The molecule has 0 aliphatic heterocycles. The van der Waals surface area contributed by atoms with Gasteiger partial charge in [-0.3, -0.25) is 4.79 Å². The van der Waals surface area contributed by atoms with Gasteiger partial charge in [0.2, 0.25) is 0 Å². The van der Waals surface area contributed by atoms with Crippen molar-refractivity contribution in [3.63, 3.8) is 0 Å². The number of hydrogen-bond acceptors (Lipinski definition) is 3. The van der Waals surface area contributed by atoms with Crippen LogP contribution in [0.4, 0.5) is 0 Å². The van der Waals surface area contributed by atoms with Crippen LogP contribution in [0.5, 0.6) is 5.75 Å². The van der Waals surface area contributed by atoms with Gasteiger partial charge in [-0.15, -0.1) is 0 Å². The highest BCUT2D eigenvalue weighted by Crippen LogP contribution is 2.17. The van der Waals surface area contributed by atoms with Crippen LogP contribution < -0.4 is 10.1 Å². The van der Waals surface area contributed by atoms with Crippen LogP contribution in [0, 0.1) is 12.8 Å². The van der Waals surface area contributed by atoms with Gasteiger partial charge in [0.1, 0.15) is 11.8 Å². The molecule has 20 heavy (non-hydrogen) atoms. The molecule has 5 heteroatoms. The average Bonchev–Trinajstić information content (AvgIpc) is 2.36. The van der Waals surface area contributed by atoms with Gasteiger partial charge in [-0.25, -0.2) is 4.79 Å². The molecule has 2 N–H and O–H groups in total. The zero-order valence-corrected chi connectivity index (χ0v) is 12.3. The molecule has 0 aliphatic carbocycles. The van der Waals surface area contributed by atoms with Crippen molar-refractivity contribution in [2.75, 3.05) is 7.11 Å². The van der Waals surface area contributed by atoms with E-state index >= 15 is 0 Å². The Hall–Kier alpha value is -2.04. The monoisotopic (exact) mass is 279 g/mol. The highest BCUT2D eigenvalue weighted by atomic mass is 16.5. The molecule has 0 heterocycles. The summed E-state index contributed by atoms with van der Waals surface area (Å²) in [5.41, 5.74) is 1.20. The zero-order valence-electron chi connectivity index (χ0n) is 12.3. The Morgan fingerprint density at radius 1 is 1.35 bits per heavy atom. The molecule has 1 aromatic carbocycles. The standard InChI is InChI=1S/C15H21NO4/c1-9(2)7-13(15(18)19)16-14(17)12-6-5-11(20-4)8-10(12)3/h5-6,8-9,13H,7H2,1-4H3,(H,16,17)(H,18,19)/t13-/m0/s1. The molecule has 1 aromatic rings. The highest BCUT2D eigenvalue weighted by molar-refractivity contribution is 5.97. The summed E-state index contributed by atoms with van der Waals surface area (Å²) in [6.07, 6.45) is 0.399. The first-order chi connectivity index (χ1) is 9.35. The number of carboxylic acids is 1. The van der Waals surface area contributed by atoms with Gasteiger partial charge >= 0.3 is 5.97 Å². The Balaban J connectivity index is 2.86. The molecule has 0 aromatic heterocycles. The third-order valence-electron chi connectivity index (χ3n) is 2.99. The van der Waals surface area contributed by atoms with Crippen LogP contribution in [0.2, 0.25) is 0 Å². The molecule has 0 saturated carbocycles. The first-order valence-corrected chi connectivity index (χ1v) is 6.53. The number of ether oxygens (including phenoxy) is 1. The topological polar surface area (TPSA) is 75.6 Å². The van der Waals surface area contributed by atoms with Crippen molar-refractivity contribution in [1.82, 2.24) is 5.32 Å². The first-order valence-electron chi connectivity index (χ1n) is 6.53. The largest absolute Gasteiger partial charge is 0.497 e. The van der Waals surface area contributed by atoms with E-state index in [-0.39, 0.29) is 11.8 Å². The number of aryl methyl sites for hydroxylation is 1. The van der Waals surface area contributed by atoms with E-state index in [4.69, 9.17) is 9.84 Å². The molecule has 0 spiro atoms. The van der Waals surface area contributed by atoms with Crippen LogP contribution >= 0.6 is 0 Å². The van der Waals surface area contributed by atoms with Crippen LogP contribution in [0.3, 0.4) is 0 Å². The van der Waals surface area contributed by atoms with E-state index in [2.05, 4.69) is 5.32 Å². The first kappa shape index (κ1) is 16.0. The van der Waals surface area contributed by atoms with E-state index < -0.39 is 12.0 Å². The Labute approximate surface area is 118 Å². The van der Waals surface area contributed by atoms with Gasteiger partial charge in [0.25, 0.3) is 5.91 Å². The van der Waals surface area contributed by atoms with Gasteiger partial charge in [0, 0.05) is 5.56 Å².